The van der Waals surface area contributed by atoms with Crippen molar-refractivity contribution in [3.8, 4) is 11.5 Å². The third kappa shape index (κ3) is 4.55. The third-order valence-electron chi connectivity index (χ3n) is 7.03. The van der Waals surface area contributed by atoms with Gasteiger partial charge in [-0.1, -0.05) is 36.0 Å². The van der Waals surface area contributed by atoms with Crippen LogP contribution in [0.4, 0.5) is 14.5 Å². The highest BCUT2D eigenvalue weighted by atomic mass is 35.5. The number of anilines is 1. The first-order valence-electron chi connectivity index (χ1n) is 12.6. The molecule has 0 bridgehead atoms. The Morgan fingerprint density at radius 2 is 1.67 bits per heavy atom. The van der Waals surface area contributed by atoms with Crippen LogP contribution in [0.5, 0.6) is 11.5 Å². The number of nitrogens with zero attached hydrogens (tertiary/aromatic N) is 1. The molecule has 1 fully saturated rings. The van der Waals surface area contributed by atoms with Crippen LogP contribution >= 0.6 is 23.2 Å². The molecular weight excluding hydrogens is 551 g/mol. The first-order valence-corrected chi connectivity index (χ1v) is 13.3. The number of rotatable bonds is 5. The van der Waals surface area contributed by atoms with Gasteiger partial charge in [-0.15, -0.1) is 0 Å². The summed E-state index contributed by atoms with van der Waals surface area (Å²) >= 11 is 12.8. The fourth-order valence-electron chi connectivity index (χ4n) is 5.19. The summed E-state index contributed by atoms with van der Waals surface area (Å²) in [6.45, 7) is 1.04. The molecule has 3 aliphatic rings. The zero-order chi connectivity index (χ0) is 27.1. The van der Waals surface area contributed by atoms with Crippen LogP contribution in [0.15, 0.2) is 60.6 Å². The van der Waals surface area contributed by atoms with Crippen LogP contribution in [0.2, 0.25) is 10.0 Å². The molecule has 3 aromatic rings. The molecule has 1 unspecified atom stereocenters. The lowest BCUT2D eigenvalue weighted by Crippen LogP contribution is -2.37. The lowest BCUT2D eigenvalue weighted by molar-refractivity contribution is -0.0457. The van der Waals surface area contributed by atoms with Gasteiger partial charge in [-0.3, -0.25) is 4.79 Å². The van der Waals surface area contributed by atoms with Gasteiger partial charge in [0.1, 0.15) is 17.9 Å². The number of Topliss-reactive ketones (excluding diaryl/α,β-unsaturated/α-hetero) is 1. The Hall–Kier alpha value is -3.49. The molecule has 1 atom stereocenters. The number of benzene rings is 3. The number of hydrogen-bond donors (Lipinski definition) is 0. The van der Waals surface area contributed by atoms with E-state index in [0.717, 1.165) is 31.7 Å². The van der Waals surface area contributed by atoms with Gasteiger partial charge >= 0.3 is 5.79 Å². The molecule has 0 amide bonds. The first kappa shape index (κ1) is 25.8. The monoisotopic (exact) mass is 573 g/mol. The number of carbonyl (C=O) groups is 1. The number of ether oxygens (including phenoxy) is 4. The van der Waals surface area contributed by atoms with Gasteiger partial charge in [0.25, 0.3) is 0 Å². The predicted octanol–water partition coefficient (Wildman–Crippen LogP) is 7.35. The number of halogens is 4. The molecule has 3 heterocycles. The summed E-state index contributed by atoms with van der Waals surface area (Å²) in [5, 5.41) is 0.624. The van der Waals surface area contributed by atoms with Crippen LogP contribution in [0.3, 0.4) is 0 Å². The highest BCUT2D eigenvalue weighted by molar-refractivity contribution is 6.35. The topological polar surface area (TPSA) is 57.2 Å². The van der Waals surface area contributed by atoms with Crippen LogP contribution in [-0.2, 0) is 15.3 Å². The van der Waals surface area contributed by atoms with E-state index in [-0.39, 0.29) is 40.3 Å². The van der Waals surface area contributed by atoms with Crippen LogP contribution in [0.25, 0.3) is 0 Å². The average Bonchev–Trinajstić information content (AvgIpc) is 3.50. The van der Waals surface area contributed by atoms with Crippen LogP contribution < -0.4 is 14.4 Å². The highest BCUT2D eigenvalue weighted by Gasteiger charge is 2.50. The lowest BCUT2D eigenvalue weighted by atomic mass is 9.97. The fourth-order valence-corrected chi connectivity index (χ4v) is 5.73. The largest absolute Gasteiger partial charge is 0.461 e. The summed E-state index contributed by atoms with van der Waals surface area (Å²) in [7, 11) is 0. The second kappa shape index (κ2) is 10.2. The standard InChI is InChI=1S/C29H23Cl2F2NO5/c30-18-7-10-20(21(31)13-18)29(17-5-8-19(32)9-6-17)38-23-14-22(33)25(27(35)24-15-36-16-37-24)26(28(23)39-29)34-11-3-1-2-4-12-34/h5-10,13-15H,1-4,11-12,16H2. The molecule has 10 heteroatoms. The maximum absolute atomic E-state index is 15.9. The van der Waals surface area contributed by atoms with Gasteiger partial charge in [-0.2, -0.15) is 0 Å². The summed E-state index contributed by atoms with van der Waals surface area (Å²) in [6, 6.07) is 11.5. The molecule has 0 spiro atoms. The minimum atomic E-state index is -1.71. The molecule has 6 rings (SSSR count). The maximum Gasteiger partial charge on any atom is 0.307 e. The lowest BCUT2D eigenvalue weighted by Gasteiger charge is -2.30. The Kier molecular flexibility index (Phi) is 6.77. The Labute approximate surface area is 233 Å². The number of fused-ring (bicyclic) bond motifs is 1. The second-order valence-electron chi connectivity index (χ2n) is 9.50. The smallest absolute Gasteiger partial charge is 0.307 e. The highest BCUT2D eigenvalue weighted by Crippen LogP contribution is 2.55. The summed E-state index contributed by atoms with van der Waals surface area (Å²) in [6.07, 6.45) is 4.91. The van der Waals surface area contributed by atoms with Gasteiger partial charge in [0, 0.05) is 29.7 Å². The van der Waals surface area contributed by atoms with Gasteiger partial charge in [-0.25, -0.2) is 8.78 Å². The van der Waals surface area contributed by atoms with E-state index in [1.807, 2.05) is 4.90 Å². The van der Waals surface area contributed by atoms with Crippen molar-refractivity contribution in [3.63, 3.8) is 0 Å². The molecule has 0 saturated carbocycles. The van der Waals surface area contributed by atoms with E-state index in [2.05, 4.69) is 0 Å². The molecule has 0 N–H and O–H groups in total. The summed E-state index contributed by atoms with van der Waals surface area (Å²) < 4.78 is 53.3. The summed E-state index contributed by atoms with van der Waals surface area (Å²) in [5.74, 6) is -3.47. The Balaban J connectivity index is 1.57. The molecule has 6 nitrogen and oxygen atoms in total. The van der Waals surface area contributed by atoms with Gasteiger partial charge < -0.3 is 23.8 Å². The minimum absolute atomic E-state index is 0.0798. The normalized spacial score (nSPS) is 20.2. The van der Waals surface area contributed by atoms with Crippen molar-refractivity contribution in [2.24, 2.45) is 0 Å². The fraction of sp³-hybridized carbons (Fsp3) is 0.276. The quantitative estimate of drug-likeness (QED) is 0.297. The Bertz CT molecular complexity index is 1470. The molecule has 3 aliphatic heterocycles. The van der Waals surface area contributed by atoms with E-state index < -0.39 is 23.2 Å². The maximum atomic E-state index is 15.9. The van der Waals surface area contributed by atoms with Crippen molar-refractivity contribution in [2.45, 2.75) is 31.5 Å². The Morgan fingerprint density at radius 3 is 2.33 bits per heavy atom. The van der Waals surface area contributed by atoms with E-state index in [4.69, 9.17) is 42.1 Å². The van der Waals surface area contributed by atoms with E-state index in [1.165, 1.54) is 36.6 Å². The molecule has 0 aliphatic carbocycles. The van der Waals surface area contributed by atoms with E-state index in [1.54, 1.807) is 12.1 Å². The zero-order valence-corrected chi connectivity index (χ0v) is 22.2. The van der Waals surface area contributed by atoms with Crippen molar-refractivity contribution in [1.82, 2.24) is 0 Å². The SMILES string of the molecule is O=C(C1=COCO1)c1c(F)cc2c(c1N1CCCCCC1)OC(c1ccc(F)cc1)(c1ccc(Cl)cc1Cl)O2. The van der Waals surface area contributed by atoms with E-state index >= 15 is 4.39 Å². The minimum Gasteiger partial charge on any atom is -0.461 e. The van der Waals surface area contributed by atoms with E-state index in [0.29, 0.717) is 29.2 Å². The van der Waals surface area contributed by atoms with Crippen LogP contribution in [0, 0.1) is 11.6 Å². The van der Waals surface area contributed by atoms with Crippen LogP contribution in [0.1, 0.15) is 47.2 Å². The summed E-state index contributed by atoms with van der Waals surface area (Å²) in [5.41, 5.74) is 0.854. The molecular formula is C29H23Cl2F2NO5. The summed E-state index contributed by atoms with van der Waals surface area (Å²) in [4.78, 5) is 15.5. The van der Waals surface area contributed by atoms with Crippen LogP contribution in [-0.4, -0.2) is 25.7 Å². The molecule has 202 valence electrons. The number of allylic oxidation sites excluding steroid dienone is 1. The molecule has 0 aromatic heterocycles. The second-order valence-corrected chi connectivity index (χ2v) is 10.3. The predicted molar refractivity (Wildman–Crippen MR) is 141 cm³/mol. The van der Waals surface area contributed by atoms with Gasteiger partial charge in [0.15, 0.2) is 11.5 Å². The first-order chi connectivity index (χ1) is 18.9. The van der Waals surface area contributed by atoms with Crippen molar-refractivity contribution in [2.75, 3.05) is 24.8 Å². The molecule has 0 radical (unpaired) electrons. The molecule has 39 heavy (non-hydrogen) atoms. The van der Waals surface area contributed by atoms with Crippen molar-refractivity contribution >= 4 is 34.7 Å². The Morgan fingerprint density at radius 1 is 0.923 bits per heavy atom. The van der Waals surface area contributed by atoms with Crippen molar-refractivity contribution in [1.29, 1.82) is 0 Å². The number of ketones is 1. The van der Waals surface area contributed by atoms with Crippen molar-refractivity contribution in [3.05, 3.63) is 98.9 Å². The molecule has 3 aromatic carbocycles. The number of hydrogen-bond acceptors (Lipinski definition) is 6. The van der Waals surface area contributed by atoms with Gasteiger partial charge in [0.2, 0.25) is 18.3 Å². The average molecular weight is 574 g/mol. The van der Waals surface area contributed by atoms with Crippen molar-refractivity contribution < 1.29 is 32.5 Å². The van der Waals surface area contributed by atoms with Gasteiger partial charge in [-0.05, 0) is 55.3 Å². The molecule has 1 saturated heterocycles. The third-order valence-corrected chi connectivity index (χ3v) is 7.58. The number of carbonyl (C=O) groups excluding carboxylic acids is 1. The van der Waals surface area contributed by atoms with Gasteiger partial charge in [0.05, 0.1) is 21.8 Å². The van der Waals surface area contributed by atoms with E-state index in [9.17, 15) is 9.18 Å². The zero-order valence-electron chi connectivity index (χ0n) is 20.6.